The molecule has 0 aliphatic carbocycles. The van der Waals surface area contributed by atoms with E-state index in [1.807, 2.05) is 13.0 Å². The number of carbonyl (C=O) groups is 1. The van der Waals surface area contributed by atoms with E-state index in [1.54, 1.807) is 12.1 Å². The predicted molar refractivity (Wildman–Crippen MR) is 60.5 cm³/mol. The van der Waals surface area contributed by atoms with E-state index in [9.17, 15) is 9.90 Å². The van der Waals surface area contributed by atoms with Crippen LogP contribution in [0.15, 0.2) is 22.7 Å². The molecule has 4 heteroatoms. The quantitative estimate of drug-likeness (QED) is 0.859. The smallest absolute Gasteiger partial charge is 0.339 e. The molecule has 3 nitrogen and oxygen atoms in total. The highest BCUT2D eigenvalue weighted by Crippen LogP contribution is 2.23. The van der Waals surface area contributed by atoms with E-state index in [2.05, 4.69) is 20.7 Å². The van der Waals surface area contributed by atoms with Crippen LogP contribution in [0.4, 0.5) is 0 Å². The van der Waals surface area contributed by atoms with E-state index >= 15 is 0 Å². The Morgan fingerprint density at radius 3 is 2.80 bits per heavy atom. The first-order chi connectivity index (χ1) is 7.10. The number of methoxy groups -OCH3 is 1. The Bertz CT molecular complexity index is 363. The summed E-state index contributed by atoms with van der Waals surface area (Å²) in [4.78, 5) is 11.2. The standard InChI is InChI=1S/C11H13BrO3/c1-3-7-6-8(12)4-5-9(7)10(13)11(14)15-2/h4-6,10,13H,3H2,1-2H3. The molecular weight excluding hydrogens is 260 g/mol. The summed E-state index contributed by atoms with van der Waals surface area (Å²) in [7, 11) is 1.26. The molecule has 0 saturated carbocycles. The molecule has 0 amide bonds. The zero-order valence-electron chi connectivity index (χ0n) is 8.66. The van der Waals surface area contributed by atoms with Gasteiger partial charge in [0.1, 0.15) is 0 Å². The maximum Gasteiger partial charge on any atom is 0.339 e. The van der Waals surface area contributed by atoms with Crippen molar-refractivity contribution in [3.8, 4) is 0 Å². The molecule has 0 fully saturated rings. The zero-order chi connectivity index (χ0) is 11.4. The Kier molecular flexibility index (Phi) is 4.29. The molecule has 1 N–H and O–H groups in total. The van der Waals surface area contributed by atoms with Crippen molar-refractivity contribution in [2.45, 2.75) is 19.4 Å². The molecule has 0 bridgehead atoms. The Morgan fingerprint density at radius 1 is 1.60 bits per heavy atom. The molecule has 0 heterocycles. The topological polar surface area (TPSA) is 46.5 Å². The number of hydrogen-bond donors (Lipinski definition) is 1. The fraction of sp³-hybridized carbons (Fsp3) is 0.364. The summed E-state index contributed by atoms with van der Waals surface area (Å²) in [6.07, 6.45) is -0.443. The van der Waals surface area contributed by atoms with Gasteiger partial charge in [0.2, 0.25) is 0 Å². The molecule has 0 aliphatic rings. The second kappa shape index (κ2) is 5.28. The predicted octanol–water partition coefficient (Wildman–Crippen LogP) is 2.22. The van der Waals surface area contributed by atoms with Gasteiger partial charge in [0.05, 0.1) is 7.11 Å². The van der Waals surface area contributed by atoms with Crippen molar-refractivity contribution in [1.82, 2.24) is 0 Å². The number of halogens is 1. The summed E-state index contributed by atoms with van der Waals surface area (Å²) < 4.78 is 5.43. The summed E-state index contributed by atoms with van der Waals surface area (Å²) in [5.74, 6) is -0.632. The maximum atomic E-state index is 11.2. The number of esters is 1. The van der Waals surface area contributed by atoms with E-state index in [-0.39, 0.29) is 0 Å². The summed E-state index contributed by atoms with van der Waals surface area (Å²) >= 11 is 3.34. The molecular formula is C11H13BrO3. The lowest BCUT2D eigenvalue weighted by Gasteiger charge is -2.13. The second-order valence-corrected chi connectivity index (χ2v) is 4.04. The van der Waals surface area contributed by atoms with E-state index in [1.165, 1.54) is 7.11 Å². The van der Waals surface area contributed by atoms with E-state index in [0.29, 0.717) is 5.56 Å². The maximum absolute atomic E-state index is 11.2. The first kappa shape index (κ1) is 12.2. The first-order valence-corrected chi connectivity index (χ1v) is 5.43. The van der Waals surface area contributed by atoms with Crippen molar-refractivity contribution in [2.24, 2.45) is 0 Å². The van der Waals surface area contributed by atoms with Gasteiger partial charge in [-0.25, -0.2) is 4.79 Å². The van der Waals surface area contributed by atoms with Crippen LogP contribution in [0.2, 0.25) is 0 Å². The van der Waals surface area contributed by atoms with Crippen LogP contribution in [0.1, 0.15) is 24.2 Å². The fourth-order valence-corrected chi connectivity index (χ4v) is 1.79. The molecule has 0 radical (unpaired) electrons. The zero-order valence-corrected chi connectivity index (χ0v) is 10.2. The van der Waals surface area contributed by atoms with Gasteiger partial charge >= 0.3 is 5.97 Å². The van der Waals surface area contributed by atoms with Gasteiger partial charge in [-0.3, -0.25) is 0 Å². The third kappa shape index (κ3) is 2.79. The molecule has 82 valence electrons. The average molecular weight is 273 g/mol. The summed E-state index contributed by atoms with van der Waals surface area (Å²) in [6, 6.07) is 5.41. The van der Waals surface area contributed by atoms with Gasteiger partial charge in [-0.2, -0.15) is 0 Å². The lowest BCUT2D eigenvalue weighted by atomic mass is 10.0. The van der Waals surface area contributed by atoms with Gasteiger partial charge < -0.3 is 9.84 Å². The van der Waals surface area contributed by atoms with Crippen LogP contribution in [-0.2, 0) is 16.0 Å². The molecule has 0 saturated heterocycles. The lowest BCUT2D eigenvalue weighted by Crippen LogP contribution is -2.15. The minimum absolute atomic E-state index is 0.604. The number of benzene rings is 1. The third-order valence-corrected chi connectivity index (χ3v) is 2.70. The van der Waals surface area contributed by atoms with Crippen molar-refractivity contribution in [3.05, 3.63) is 33.8 Å². The Hall–Kier alpha value is -0.870. The number of ether oxygens (including phenoxy) is 1. The van der Waals surface area contributed by atoms with E-state index in [0.717, 1.165) is 16.5 Å². The van der Waals surface area contributed by atoms with Gasteiger partial charge in [-0.1, -0.05) is 28.9 Å². The minimum Gasteiger partial charge on any atom is -0.467 e. The second-order valence-electron chi connectivity index (χ2n) is 3.12. The van der Waals surface area contributed by atoms with Crippen molar-refractivity contribution >= 4 is 21.9 Å². The van der Waals surface area contributed by atoms with Gasteiger partial charge in [0.15, 0.2) is 6.10 Å². The molecule has 1 aromatic rings. The van der Waals surface area contributed by atoms with Gasteiger partial charge in [-0.15, -0.1) is 0 Å². The highest BCUT2D eigenvalue weighted by molar-refractivity contribution is 9.10. The summed E-state index contributed by atoms with van der Waals surface area (Å²) in [5, 5.41) is 9.70. The first-order valence-electron chi connectivity index (χ1n) is 4.64. The summed E-state index contributed by atoms with van der Waals surface area (Å²) in [6.45, 7) is 1.97. The number of aryl methyl sites for hydroxylation is 1. The SMILES string of the molecule is CCc1cc(Br)ccc1C(O)C(=O)OC. The number of aliphatic hydroxyl groups is 1. The Balaban J connectivity index is 3.07. The Morgan fingerprint density at radius 2 is 2.27 bits per heavy atom. The Labute approximate surface area is 97.2 Å². The fourth-order valence-electron chi connectivity index (χ4n) is 1.39. The van der Waals surface area contributed by atoms with Crippen molar-refractivity contribution in [1.29, 1.82) is 0 Å². The van der Waals surface area contributed by atoms with E-state index < -0.39 is 12.1 Å². The van der Waals surface area contributed by atoms with Crippen LogP contribution in [0, 0.1) is 0 Å². The van der Waals surface area contributed by atoms with Crippen molar-refractivity contribution in [2.75, 3.05) is 7.11 Å². The van der Waals surface area contributed by atoms with Crippen LogP contribution >= 0.6 is 15.9 Å². The molecule has 1 unspecified atom stereocenters. The van der Waals surface area contributed by atoms with Crippen LogP contribution in [-0.4, -0.2) is 18.2 Å². The highest BCUT2D eigenvalue weighted by atomic mass is 79.9. The average Bonchev–Trinajstić information content (AvgIpc) is 2.26. The van der Waals surface area contributed by atoms with Gasteiger partial charge in [-0.05, 0) is 29.7 Å². The van der Waals surface area contributed by atoms with Crippen LogP contribution in [0.25, 0.3) is 0 Å². The largest absolute Gasteiger partial charge is 0.467 e. The van der Waals surface area contributed by atoms with Crippen molar-refractivity contribution < 1.29 is 14.6 Å². The molecule has 0 aliphatic heterocycles. The lowest BCUT2D eigenvalue weighted by molar-refractivity contribution is -0.150. The summed E-state index contributed by atoms with van der Waals surface area (Å²) in [5.41, 5.74) is 1.54. The normalized spacial score (nSPS) is 12.3. The molecule has 1 atom stereocenters. The molecule has 1 rings (SSSR count). The van der Waals surface area contributed by atoms with Crippen LogP contribution < -0.4 is 0 Å². The molecule has 15 heavy (non-hydrogen) atoms. The van der Waals surface area contributed by atoms with Crippen molar-refractivity contribution in [3.63, 3.8) is 0 Å². The molecule has 1 aromatic carbocycles. The van der Waals surface area contributed by atoms with E-state index in [4.69, 9.17) is 0 Å². The number of rotatable bonds is 3. The van der Waals surface area contributed by atoms with Crippen LogP contribution in [0.3, 0.4) is 0 Å². The molecule has 0 aromatic heterocycles. The molecule has 0 spiro atoms. The van der Waals surface area contributed by atoms with Gasteiger partial charge in [0.25, 0.3) is 0 Å². The van der Waals surface area contributed by atoms with Gasteiger partial charge in [0, 0.05) is 4.47 Å². The number of carbonyl (C=O) groups excluding carboxylic acids is 1. The monoisotopic (exact) mass is 272 g/mol. The third-order valence-electron chi connectivity index (χ3n) is 2.20. The highest BCUT2D eigenvalue weighted by Gasteiger charge is 2.20. The number of hydrogen-bond acceptors (Lipinski definition) is 3. The van der Waals surface area contributed by atoms with Crippen LogP contribution in [0.5, 0.6) is 0 Å². The number of aliphatic hydroxyl groups excluding tert-OH is 1. The minimum atomic E-state index is -1.20.